The molecule has 0 aliphatic heterocycles. The van der Waals surface area contributed by atoms with Crippen LogP contribution in [0.4, 0.5) is 5.69 Å². The Labute approximate surface area is 65.2 Å². The second-order valence-corrected chi connectivity index (χ2v) is 2.24. The van der Waals surface area contributed by atoms with Gasteiger partial charge < -0.3 is 5.73 Å². The van der Waals surface area contributed by atoms with Gasteiger partial charge in [0.25, 0.3) is 0 Å². The molecule has 58 valence electrons. The fourth-order valence-corrected chi connectivity index (χ4v) is 0.829. The van der Waals surface area contributed by atoms with Gasteiger partial charge in [-0.05, 0) is 6.07 Å². The van der Waals surface area contributed by atoms with Crippen LogP contribution in [-0.2, 0) is 0 Å². The lowest BCUT2D eigenvalue weighted by molar-refractivity contribution is 0.0988. The van der Waals surface area contributed by atoms with E-state index in [0.29, 0.717) is 17.7 Å². The summed E-state index contributed by atoms with van der Waals surface area (Å²) in [4.78, 5) is 14.9. The monoisotopic (exact) mass is 150 g/mol. The first-order valence-electron chi connectivity index (χ1n) is 3.48. The van der Waals surface area contributed by atoms with E-state index in [1.807, 2.05) is 0 Å². The van der Waals surface area contributed by atoms with Crippen LogP contribution in [0.15, 0.2) is 18.5 Å². The highest BCUT2D eigenvalue weighted by molar-refractivity contribution is 6.00. The topological polar surface area (TPSA) is 56.0 Å². The lowest BCUT2D eigenvalue weighted by Crippen LogP contribution is -2.02. The van der Waals surface area contributed by atoms with Crippen LogP contribution in [0.5, 0.6) is 0 Å². The molecule has 1 heterocycles. The number of Topliss-reactive ketones (excluding diaryl/α,β-unsaturated/α-hetero) is 1. The Morgan fingerprint density at radius 3 is 3.00 bits per heavy atom. The van der Waals surface area contributed by atoms with Crippen molar-refractivity contribution in [3.05, 3.63) is 24.0 Å². The maximum Gasteiger partial charge on any atom is 0.166 e. The first kappa shape index (κ1) is 7.72. The number of hydrogen-bond acceptors (Lipinski definition) is 3. The van der Waals surface area contributed by atoms with Gasteiger partial charge in [-0.25, -0.2) is 0 Å². The van der Waals surface area contributed by atoms with Crippen molar-refractivity contribution < 1.29 is 4.79 Å². The molecule has 0 aliphatic rings. The van der Waals surface area contributed by atoms with Gasteiger partial charge in [0.1, 0.15) is 0 Å². The smallest absolute Gasteiger partial charge is 0.166 e. The van der Waals surface area contributed by atoms with Crippen LogP contribution >= 0.6 is 0 Å². The quantitative estimate of drug-likeness (QED) is 0.645. The summed E-state index contributed by atoms with van der Waals surface area (Å²) in [5.41, 5.74) is 6.57. The van der Waals surface area contributed by atoms with Crippen molar-refractivity contribution >= 4 is 11.5 Å². The number of rotatable bonds is 2. The highest BCUT2D eigenvalue weighted by Crippen LogP contribution is 2.10. The standard InChI is InChI=1S/C8H10N2O/c1-2-8(11)6-5-10-4-3-7(6)9/h3-5H,2H2,1H3,(H2,9,10). The molecule has 0 fully saturated rings. The highest BCUT2D eigenvalue weighted by Gasteiger charge is 2.05. The molecule has 0 aliphatic carbocycles. The van der Waals surface area contributed by atoms with Gasteiger partial charge in [0, 0.05) is 24.5 Å². The molecule has 1 rings (SSSR count). The van der Waals surface area contributed by atoms with E-state index in [9.17, 15) is 4.79 Å². The summed E-state index contributed by atoms with van der Waals surface area (Å²) in [7, 11) is 0. The molecule has 1 aromatic heterocycles. The second-order valence-electron chi connectivity index (χ2n) is 2.24. The van der Waals surface area contributed by atoms with Crippen molar-refractivity contribution in [1.82, 2.24) is 4.98 Å². The number of ketones is 1. The molecule has 0 amide bonds. The van der Waals surface area contributed by atoms with Crippen LogP contribution in [-0.4, -0.2) is 10.8 Å². The third kappa shape index (κ3) is 1.55. The molecule has 0 spiro atoms. The first-order chi connectivity index (χ1) is 5.25. The van der Waals surface area contributed by atoms with Crippen molar-refractivity contribution in [3.63, 3.8) is 0 Å². The minimum Gasteiger partial charge on any atom is -0.398 e. The van der Waals surface area contributed by atoms with Crippen LogP contribution in [0, 0.1) is 0 Å². The van der Waals surface area contributed by atoms with E-state index in [0.717, 1.165) is 0 Å². The third-order valence-electron chi connectivity index (χ3n) is 1.48. The fraction of sp³-hybridized carbons (Fsp3) is 0.250. The first-order valence-corrected chi connectivity index (χ1v) is 3.48. The molecule has 2 N–H and O–H groups in total. The van der Waals surface area contributed by atoms with Gasteiger partial charge in [-0.3, -0.25) is 9.78 Å². The zero-order valence-electron chi connectivity index (χ0n) is 6.37. The predicted octanol–water partition coefficient (Wildman–Crippen LogP) is 1.26. The summed E-state index contributed by atoms with van der Waals surface area (Å²) < 4.78 is 0. The van der Waals surface area contributed by atoms with Gasteiger partial charge >= 0.3 is 0 Å². The van der Waals surface area contributed by atoms with E-state index < -0.39 is 0 Å². The van der Waals surface area contributed by atoms with E-state index in [2.05, 4.69) is 4.98 Å². The molecule has 11 heavy (non-hydrogen) atoms. The van der Waals surface area contributed by atoms with Gasteiger partial charge in [0.15, 0.2) is 5.78 Å². The van der Waals surface area contributed by atoms with Crippen LogP contribution in [0.1, 0.15) is 23.7 Å². The lowest BCUT2D eigenvalue weighted by Gasteiger charge is -1.99. The van der Waals surface area contributed by atoms with Crippen LogP contribution in [0.2, 0.25) is 0 Å². The summed E-state index contributed by atoms with van der Waals surface area (Å²) in [6.45, 7) is 1.80. The summed E-state index contributed by atoms with van der Waals surface area (Å²) in [6.07, 6.45) is 3.54. The zero-order chi connectivity index (χ0) is 8.27. The average Bonchev–Trinajstić information content (AvgIpc) is 2.04. The maximum absolute atomic E-state index is 11.1. The predicted molar refractivity (Wildman–Crippen MR) is 43.3 cm³/mol. The molecule has 0 bridgehead atoms. The van der Waals surface area contributed by atoms with Gasteiger partial charge in [0.05, 0.1) is 5.56 Å². The average molecular weight is 150 g/mol. The molecule has 0 unspecified atom stereocenters. The number of pyridine rings is 1. The van der Waals surface area contributed by atoms with Crippen molar-refractivity contribution in [2.45, 2.75) is 13.3 Å². The number of nitrogens with two attached hydrogens (primary N) is 1. The number of nitrogen functional groups attached to an aromatic ring is 1. The third-order valence-corrected chi connectivity index (χ3v) is 1.48. The molecule has 0 atom stereocenters. The van der Waals surface area contributed by atoms with Crippen molar-refractivity contribution in [2.75, 3.05) is 5.73 Å². The summed E-state index contributed by atoms with van der Waals surface area (Å²) >= 11 is 0. The molecular weight excluding hydrogens is 140 g/mol. The van der Waals surface area contributed by atoms with Gasteiger partial charge in [-0.2, -0.15) is 0 Å². The molecule has 0 radical (unpaired) electrons. The van der Waals surface area contributed by atoms with Crippen molar-refractivity contribution in [1.29, 1.82) is 0 Å². The lowest BCUT2D eigenvalue weighted by atomic mass is 10.1. The number of aromatic nitrogens is 1. The Morgan fingerprint density at radius 1 is 1.73 bits per heavy atom. The summed E-state index contributed by atoms with van der Waals surface area (Å²) in [6, 6.07) is 1.63. The van der Waals surface area contributed by atoms with Crippen molar-refractivity contribution in [2.24, 2.45) is 0 Å². The van der Waals surface area contributed by atoms with Gasteiger partial charge in [-0.15, -0.1) is 0 Å². The molecular formula is C8H10N2O. The Balaban J connectivity index is 3.03. The van der Waals surface area contributed by atoms with Gasteiger partial charge in [0.2, 0.25) is 0 Å². The zero-order valence-corrected chi connectivity index (χ0v) is 6.37. The van der Waals surface area contributed by atoms with E-state index in [1.54, 1.807) is 19.2 Å². The number of nitrogens with zero attached hydrogens (tertiary/aromatic N) is 1. The van der Waals surface area contributed by atoms with E-state index in [4.69, 9.17) is 5.73 Å². The normalized spacial score (nSPS) is 9.55. The molecule has 1 aromatic rings. The molecule has 3 nitrogen and oxygen atoms in total. The number of carbonyl (C=O) groups is 1. The molecule has 0 aromatic carbocycles. The Hall–Kier alpha value is -1.38. The van der Waals surface area contributed by atoms with E-state index in [1.165, 1.54) is 6.20 Å². The minimum atomic E-state index is 0.0376. The fourth-order valence-electron chi connectivity index (χ4n) is 0.829. The van der Waals surface area contributed by atoms with Crippen LogP contribution in [0.3, 0.4) is 0 Å². The van der Waals surface area contributed by atoms with E-state index >= 15 is 0 Å². The summed E-state index contributed by atoms with van der Waals surface area (Å²) in [5.74, 6) is 0.0376. The van der Waals surface area contributed by atoms with Crippen LogP contribution < -0.4 is 5.73 Å². The second kappa shape index (κ2) is 3.14. The highest BCUT2D eigenvalue weighted by atomic mass is 16.1. The van der Waals surface area contributed by atoms with E-state index in [-0.39, 0.29) is 5.78 Å². The minimum absolute atomic E-state index is 0.0376. The molecule has 0 saturated carbocycles. The number of hydrogen-bond donors (Lipinski definition) is 1. The van der Waals surface area contributed by atoms with Crippen LogP contribution in [0.25, 0.3) is 0 Å². The molecule has 0 saturated heterocycles. The van der Waals surface area contributed by atoms with Crippen molar-refractivity contribution in [3.8, 4) is 0 Å². The molecule has 3 heteroatoms. The SMILES string of the molecule is CCC(=O)c1cnccc1N. The Morgan fingerprint density at radius 2 is 2.45 bits per heavy atom. The maximum atomic E-state index is 11.1. The Bertz CT molecular complexity index is 271. The largest absolute Gasteiger partial charge is 0.398 e. The Kier molecular flexibility index (Phi) is 2.21. The van der Waals surface area contributed by atoms with Gasteiger partial charge in [-0.1, -0.05) is 6.92 Å². The number of carbonyl (C=O) groups excluding carboxylic acids is 1. The summed E-state index contributed by atoms with van der Waals surface area (Å²) in [5, 5.41) is 0. The number of anilines is 1.